The molecular formula is C23H21F3N4O2. The third-order valence-electron chi connectivity index (χ3n) is 5.60. The third-order valence-corrected chi connectivity index (χ3v) is 5.60. The first kappa shape index (κ1) is 21.7. The molecule has 1 aliphatic rings. The molecule has 1 aliphatic heterocycles. The van der Waals surface area contributed by atoms with E-state index in [2.05, 4.69) is 9.97 Å². The Morgan fingerprint density at radius 1 is 1.16 bits per heavy atom. The molecule has 32 heavy (non-hydrogen) atoms. The maximum atomic E-state index is 13.1. The van der Waals surface area contributed by atoms with Crippen molar-refractivity contribution >= 4 is 5.91 Å². The smallest absolute Gasteiger partial charge is 0.338 e. The van der Waals surface area contributed by atoms with Crippen LogP contribution in [0.15, 0.2) is 59.8 Å². The molecule has 6 nitrogen and oxygen atoms in total. The Kier molecular flexibility index (Phi) is 5.82. The average molecular weight is 442 g/mol. The number of piperidine rings is 1. The van der Waals surface area contributed by atoms with Crippen LogP contribution >= 0.6 is 0 Å². The molecule has 0 unspecified atom stereocenters. The van der Waals surface area contributed by atoms with Gasteiger partial charge in [0.2, 0.25) is 5.56 Å². The molecule has 2 aromatic heterocycles. The Hall–Kier alpha value is -3.49. The molecule has 0 N–H and O–H groups in total. The fourth-order valence-corrected chi connectivity index (χ4v) is 3.88. The monoisotopic (exact) mass is 442 g/mol. The lowest BCUT2D eigenvalue weighted by molar-refractivity contribution is -0.137. The fraction of sp³-hybridized carbons (Fsp3) is 0.304. The third kappa shape index (κ3) is 4.56. The maximum Gasteiger partial charge on any atom is 0.416 e. The molecule has 9 heteroatoms. The molecular weight excluding hydrogens is 421 g/mol. The Bertz CT molecular complexity index is 1210. The van der Waals surface area contributed by atoms with Gasteiger partial charge in [0.15, 0.2) is 0 Å². The van der Waals surface area contributed by atoms with Crippen LogP contribution < -0.4 is 5.56 Å². The van der Waals surface area contributed by atoms with Crippen LogP contribution in [0.3, 0.4) is 0 Å². The quantitative estimate of drug-likeness (QED) is 0.618. The molecule has 1 fully saturated rings. The van der Waals surface area contributed by atoms with Crippen molar-refractivity contribution in [2.75, 3.05) is 13.1 Å². The molecule has 166 valence electrons. The number of pyridine rings is 1. The van der Waals surface area contributed by atoms with Crippen LogP contribution in [0.4, 0.5) is 13.2 Å². The highest BCUT2D eigenvalue weighted by Crippen LogP contribution is 2.32. The number of likely N-dealkylation sites (tertiary alicyclic amines) is 1. The average Bonchev–Trinajstić information content (AvgIpc) is 2.80. The minimum absolute atomic E-state index is 0.0847. The van der Waals surface area contributed by atoms with Crippen LogP contribution in [-0.4, -0.2) is 38.4 Å². The topological polar surface area (TPSA) is 68.1 Å². The van der Waals surface area contributed by atoms with Gasteiger partial charge >= 0.3 is 6.18 Å². The lowest BCUT2D eigenvalue weighted by Crippen LogP contribution is -2.39. The summed E-state index contributed by atoms with van der Waals surface area (Å²) in [6.45, 7) is 1.00. The maximum absolute atomic E-state index is 13.1. The van der Waals surface area contributed by atoms with Crippen LogP contribution in [0, 0.1) is 0 Å². The van der Waals surface area contributed by atoms with Gasteiger partial charge in [0, 0.05) is 50.1 Å². The molecule has 0 aliphatic carbocycles. The van der Waals surface area contributed by atoms with Gasteiger partial charge in [-0.25, -0.2) is 4.98 Å². The minimum Gasteiger partial charge on any atom is -0.338 e. The predicted octanol–water partition coefficient (Wildman–Crippen LogP) is 3.88. The van der Waals surface area contributed by atoms with Crippen LogP contribution in [0.25, 0.3) is 11.3 Å². The second-order valence-corrected chi connectivity index (χ2v) is 7.86. The van der Waals surface area contributed by atoms with Gasteiger partial charge in [0.25, 0.3) is 5.91 Å². The van der Waals surface area contributed by atoms with E-state index in [-0.39, 0.29) is 17.4 Å². The summed E-state index contributed by atoms with van der Waals surface area (Å²) >= 11 is 0. The molecule has 3 aromatic rings. The standard InChI is InChI=1S/C23H21F3N4O2/c1-29-13-17(7-8-21(29)31)22(32)30-9-3-5-16(14-30)20-12-27-11-19(28-20)15-4-2-6-18(10-15)23(24,25)26/h2,4,6-8,10-13,16H,3,5,9,14H2,1H3/t16-/m1/s1. The highest BCUT2D eigenvalue weighted by Gasteiger charge is 2.31. The lowest BCUT2D eigenvalue weighted by atomic mass is 9.94. The molecule has 4 rings (SSSR count). The van der Waals surface area contributed by atoms with Gasteiger partial charge in [-0.1, -0.05) is 12.1 Å². The Balaban J connectivity index is 1.56. The highest BCUT2D eigenvalue weighted by molar-refractivity contribution is 5.94. The first-order valence-corrected chi connectivity index (χ1v) is 10.2. The molecule has 0 radical (unpaired) electrons. The first-order chi connectivity index (χ1) is 15.2. The number of alkyl halides is 3. The Labute approximate surface area is 182 Å². The van der Waals surface area contributed by atoms with Gasteiger partial charge in [-0.2, -0.15) is 13.2 Å². The second kappa shape index (κ2) is 8.57. The van der Waals surface area contributed by atoms with Gasteiger partial charge < -0.3 is 9.47 Å². The molecule has 1 amide bonds. The number of aromatic nitrogens is 3. The van der Waals surface area contributed by atoms with Crippen LogP contribution in [0.5, 0.6) is 0 Å². The molecule has 0 bridgehead atoms. The number of amides is 1. The minimum atomic E-state index is -4.44. The molecule has 1 saturated heterocycles. The van der Waals surface area contributed by atoms with Crippen molar-refractivity contribution in [1.29, 1.82) is 0 Å². The molecule has 3 heterocycles. The van der Waals surface area contributed by atoms with Crippen LogP contribution in [0.1, 0.15) is 40.4 Å². The van der Waals surface area contributed by atoms with Gasteiger partial charge in [0.05, 0.1) is 28.7 Å². The van der Waals surface area contributed by atoms with E-state index in [0.717, 1.165) is 25.0 Å². The number of hydrogen-bond donors (Lipinski definition) is 0. The number of carbonyl (C=O) groups excluding carboxylic acids is 1. The van der Waals surface area contributed by atoms with Gasteiger partial charge in [0.1, 0.15) is 0 Å². The number of halogens is 3. The normalized spacial score (nSPS) is 16.8. The van der Waals surface area contributed by atoms with E-state index >= 15 is 0 Å². The zero-order valence-electron chi connectivity index (χ0n) is 17.3. The number of benzene rings is 1. The lowest BCUT2D eigenvalue weighted by Gasteiger charge is -2.32. The molecule has 0 spiro atoms. The summed E-state index contributed by atoms with van der Waals surface area (Å²) < 4.78 is 40.6. The zero-order chi connectivity index (χ0) is 22.9. The van der Waals surface area contributed by atoms with E-state index in [1.165, 1.54) is 35.2 Å². The van der Waals surface area contributed by atoms with Crippen LogP contribution in [0.2, 0.25) is 0 Å². The van der Waals surface area contributed by atoms with E-state index in [1.54, 1.807) is 24.2 Å². The summed E-state index contributed by atoms with van der Waals surface area (Å²) in [5.41, 5.74) is 0.821. The summed E-state index contributed by atoms with van der Waals surface area (Å²) in [6.07, 6.45) is 1.67. The van der Waals surface area contributed by atoms with Crippen molar-refractivity contribution < 1.29 is 18.0 Å². The predicted molar refractivity (Wildman–Crippen MR) is 112 cm³/mol. The van der Waals surface area contributed by atoms with Gasteiger partial charge in [-0.05, 0) is 31.0 Å². The molecule has 0 saturated carbocycles. The van der Waals surface area contributed by atoms with Crippen LogP contribution in [-0.2, 0) is 13.2 Å². The number of rotatable bonds is 3. The number of aryl methyl sites for hydroxylation is 1. The summed E-state index contributed by atoms with van der Waals surface area (Å²) in [6, 6.07) is 7.87. The summed E-state index contributed by atoms with van der Waals surface area (Å²) in [4.78, 5) is 35.0. The molecule has 1 aromatic carbocycles. The largest absolute Gasteiger partial charge is 0.416 e. The van der Waals surface area contributed by atoms with Gasteiger partial charge in [-0.3, -0.25) is 14.6 Å². The van der Waals surface area contributed by atoms with Gasteiger partial charge in [-0.15, -0.1) is 0 Å². The van der Waals surface area contributed by atoms with E-state index in [1.807, 2.05) is 0 Å². The van der Waals surface area contributed by atoms with Crippen molar-refractivity contribution in [2.24, 2.45) is 7.05 Å². The number of nitrogens with zero attached hydrogens (tertiary/aromatic N) is 4. The summed E-state index contributed by atoms with van der Waals surface area (Å²) in [5, 5.41) is 0. The van der Waals surface area contributed by atoms with Crippen molar-refractivity contribution in [3.05, 3.63) is 82.2 Å². The second-order valence-electron chi connectivity index (χ2n) is 7.86. The zero-order valence-corrected chi connectivity index (χ0v) is 17.3. The van der Waals surface area contributed by atoms with E-state index in [0.29, 0.717) is 35.6 Å². The van der Waals surface area contributed by atoms with Crippen molar-refractivity contribution in [2.45, 2.75) is 24.9 Å². The summed E-state index contributed by atoms with van der Waals surface area (Å²) in [7, 11) is 1.59. The van der Waals surface area contributed by atoms with E-state index < -0.39 is 11.7 Å². The Morgan fingerprint density at radius 3 is 2.72 bits per heavy atom. The van der Waals surface area contributed by atoms with E-state index in [9.17, 15) is 22.8 Å². The van der Waals surface area contributed by atoms with Crippen molar-refractivity contribution in [1.82, 2.24) is 19.4 Å². The first-order valence-electron chi connectivity index (χ1n) is 10.2. The van der Waals surface area contributed by atoms with Crippen molar-refractivity contribution in [3.63, 3.8) is 0 Å². The summed E-state index contributed by atoms with van der Waals surface area (Å²) in [5.74, 6) is -0.259. The highest BCUT2D eigenvalue weighted by atomic mass is 19.4. The number of hydrogen-bond acceptors (Lipinski definition) is 4. The number of carbonyl (C=O) groups is 1. The SMILES string of the molecule is Cn1cc(C(=O)N2CCC[C@@H](c3cncc(-c4cccc(C(F)(F)F)c4)n3)C2)ccc1=O. The Morgan fingerprint density at radius 2 is 1.97 bits per heavy atom. The van der Waals surface area contributed by atoms with E-state index in [4.69, 9.17) is 0 Å². The fourth-order valence-electron chi connectivity index (χ4n) is 3.88. The van der Waals surface area contributed by atoms with Crippen molar-refractivity contribution in [3.8, 4) is 11.3 Å². The molecule has 1 atom stereocenters.